The highest BCUT2D eigenvalue weighted by atomic mass is 15.3. The van der Waals surface area contributed by atoms with Crippen LogP contribution in [0.5, 0.6) is 0 Å². The molecule has 0 N–H and O–H groups in total. The molecule has 1 aliphatic carbocycles. The van der Waals surface area contributed by atoms with Crippen molar-refractivity contribution in [3.63, 3.8) is 0 Å². The second-order valence-corrected chi connectivity index (χ2v) is 3.98. The molecule has 2 aromatic heterocycles. The highest BCUT2D eigenvalue weighted by Crippen LogP contribution is 2.37. The van der Waals surface area contributed by atoms with Gasteiger partial charge in [-0.05, 0) is 31.9 Å². The summed E-state index contributed by atoms with van der Waals surface area (Å²) in [6.45, 7) is 1.99. The van der Waals surface area contributed by atoms with Crippen molar-refractivity contribution in [1.82, 2.24) is 19.7 Å². The zero-order valence-corrected chi connectivity index (χ0v) is 8.59. The number of nitrogens with zero attached hydrogens (tertiary/aromatic N) is 4. The van der Waals surface area contributed by atoms with E-state index in [4.69, 9.17) is 0 Å². The maximum atomic E-state index is 4.18. The minimum Gasteiger partial charge on any atom is -0.310 e. The van der Waals surface area contributed by atoms with Gasteiger partial charge in [0, 0.05) is 23.5 Å². The Hall–Kier alpha value is -1.71. The van der Waals surface area contributed by atoms with Gasteiger partial charge in [-0.3, -0.25) is 4.98 Å². The third-order valence-electron chi connectivity index (χ3n) is 2.67. The third-order valence-corrected chi connectivity index (χ3v) is 2.67. The molecule has 1 saturated carbocycles. The lowest BCUT2D eigenvalue weighted by molar-refractivity contribution is 0.746. The molecular weight excluding hydrogens is 188 g/mol. The summed E-state index contributed by atoms with van der Waals surface area (Å²) >= 11 is 0. The van der Waals surface area contributed by atoms with E-state index in [0.29, 0.717) is 6.04 Å². The molecule has 0 atom stereocenters. The molecule has 4 heteroatoms. The van der Waals surface area contributed by atoms with Gasteiger partial charge < -0.3 is 4.57 Å². The van der Waals surface area contributed by atoms with Crippen LogP contribution in [0.3, 0.4) is 0 Å². The third kappa shape index (κ3) is 1.52. The average Bonchev–Trinajstić information content (AvgIpc) is 2.96. The van der Waals surface area contributed by atoms with Crippen molar-refractivity contribution >= 4 is 0 Å². The van der Waals surface area contributed by atoms with E-state index in [-0.39, 0.29) is 0 Å². The van der Waals surface area contributed by atoms with Crippen LogP contribution in [0.25, 0.3) is 11.4 Å². The smallest absolute Gasteiger partial charge is 0.164 e. The Kier molecular flexibility index (Phi) is 1.80. The summed E-state index contributed by atoms with van der Waals surface area (Å²) in [6.07, 6.45) is 6.13. The number of aryl methyl sites for hydroxylation is 1. The van der Waals surface area contributed by atoms with Crippen molar-refractivity contribution < 1.29 is 0 Å². The molecule has 76 valence electrons. The molecule has 1 fully saturated rings. The van der Waals surface area contributed by atoms with Crippen LogP contribution in [-0.4, -0.2) is 19.7 Å². The van der Waals surface area contributed by atoms with Crippen LogP contribution >= 0.6 is 0 Å². The maximum Gasteiger partial charge on any atom is 0.164 e. The summed E-state index contributed by atoms with van der Waals surface area (Å²) in [6, 6.07) is 4.64. The Bertz CT molecular complexity index is 485. The van der Waals surface area contributed by atoms with E-state index in [0.717, 1.165) is 17.1 Å². The first kappa shape index (κ1) is 8.59. The van der Waals surface area contributed by atoms with Gasteiger partial charge in [-0.1, -0.05) is 0 Å². The Balaban J connectivity index is 2.07. The molecule has 0 spiro atoms. The van der Waals surface area contributed by atoms with Crippen LogP contribution in [0.2, 0.25) is 0 Å². The molecular formula is C11H12N4. The van der Waals surface area contributed by atoms with Crippen LogP contribution in [0.15, 0.2) is 24.7 Å². The molecule has 15 heavy (non-hydrogen) atoms. The topological polar surface area (TPSA) is 43.6 Å². The average molecular weight is 200 g/mol. The van der Waals surface area contributed by atoms with Gasteiger partial charge in [0.15, 0.2) is 5.82 Å². The van der Waals surface area contributed by atoms with E-state index in [2.05, 4.69) is 19.7 Å². The lowest BCUT2D eigenvalue weighted by Gasteiger charge is -2.04. The summed E-state index contributed by atoms with van der Waals surface area (Å²) in [5.74, 6) is 0.961. The molecule has 0 unspecified atom stereocenters. The Labute approximate surface area is 88.0 Å². The summed E-state index contributed by atoms with van der Waals surface area (Å²) in [7, 11) is 0. The quantitative estimate of drug-likeness (QED) is 0.744. The normalized spacial score (nSPS) is 15.5. The summed E-state index contributed by atoms with van der Waals surface area (Å²) < 4.78 is 2.16. The van der Waals surface area contributed by atoms with Gasteiger partial charge >= 0.3 is 0 Å². The minimum atomic E-state index is 0.614. The number of pyridine rings is 1. The molecule has 1 aliphatic rings. The van der Waals surface area contributed by atoms with Gasteiger partial charge in [0.25, 0.3) is 0 Å². The molecule has 0 amide bonds. The van der Waals surface area contributed by atoms with Crippen molar-refractivity contribution in [2.24, 2.45) is 0 Å². The van der Waals surface area contributed by atoms with E-state index in [9.17, 15) is 0 Å². The predicted octanol–water partition coefficient (Wildman–Crippen LogP) is 1.98. The van der Waals surface area contributed by atoms with Gasteiger partial charge in [-0.25, -0.2) is 0 Å². The van der Waals surface area contributed by atoms with E-state index in [1.807, 2.05) is 31.6 Å². The second kappa shape index (κ2) is 3.15. The van der Waals surface area contributed by atoms with Gasteiger partial charge in [-0.15, -0.1) is 10.2 Å². The minimum absolute atomic E-state index is 0.614. The first-order valence-corrected chi connectivity index (χ1v) is 5.17. The van der Waals surface area contributed by atoms with E-state index >= 15 is 0 Å². The SMILES string of the molecule is Cc1cc(-c2nncn2C2CC2)ccn1. The standard InChI is InChI=1S/C11H12N4/c1-8-6-9(4-5-12-8)11-14-13-7-15(11)10-2-3-10/h4-7,10H,2-3H2,1H3. The van der Waals surface area contributed by atoms with E-state index in [1.54, 1.807) is 0 Å². The summed E-state index contributed by atoms with van der Waals surface area (Å²) in [4.78, 5) is 4.18. The van der Waals surface area contributed by atoms with Crippen LogP contribution in [0.4, 0.5) is 0 Å². The van der Waals surface area contributed by atoms with E-state index < -0.39 is 0 Å². The number of rotatable bonds is 2. The lowest BCUT2D eigenvalue weighted by Crippen LogP contribution is -1.96. The highest BCUT2D eigenvalue weighted by Gasteiger charge is 2.26. The van der Waals surface area contributed by atoms with Crippen LogP contribution in [-0.2, 0) is 0 Å². The fraction of sp³-hybridized carbons (Fsp3) is 0.364. The largest absolute Gasteiger partial charge is 0.310 e. The fourth-order valence-electron chi connectivity index (χ4n) is 1.75. The van der Waals surface area contributed by atoms with Crippen LogP contribution in [0, 0.1) is 6.92 Å². The highest BCUT2D eigenvalue weighted by molar-refractivity contribution is 5.55. The molecule has 0 aromatic carbocycles. The molecule has 0 radical (unpaired) electrons. The van der Waals surface area contributed by atoms with Crippen LogP contribution < -0.4 is 0 Å². The van der Waals surface area contributed by atoms with Crippen molar-refractivity contribution in [3.05, 3.63) is 30.4 Å². The summed E-state index contributed by atoms with van der Waals surface area (Å²) in [5.41, 5.74) is 2.12. The van der Waals surface area contributed by atoms with Crippen molar-refractivity contribution in [1.29, 1.82) is 0 Å². The van der Waals surface area contributed by atoms with Crippen molar-refractivity contribution in [2.75, 3.05) is 0 Å². The monoisotopic (exact) mass is 200 g/mol. The Morgan fingerprint density at radius 1 is 1.40 bits per heavy atom. The first-order valence-electron chi connectivity index (χ1n) is 5.17. The fourth-order valence-corrected chi connectivity index (χ4v) is 1.75. The Morgan fingerprint density at radius 2 is 2.27 bits per heavy atom. The lowest BCUT2D eigenvalue weighted by atomic mass is 10.2. The van der Waals surface area contributed by atoms with Gasteiger partial charge in [0.1, 0.15) is 6.33 Å². The zero-order chi connectivity index (χ0) is 10.3. The van der Waals surface area contributed by atoms with E-state index in [1.165, 1.54) is 12.8 Å². The first-order chi connectivity index (χ1) is 7.34. The van der Waals surface area contributed by atoms with Gasteiger partial charge in [0.05, 0.1) is 0 Å². The van der Waals surface area contributed by atoms with Gasteiger partial charge in [0.2, 0.25) is 0 Å². The number of hydrogen-bond acceptors (Lipinski definition) is 3. The molecule has 2 aromatic rings. The summed E-state index contributed by atoms with van der Waals surface area (Å²) in [5, 5.41) is 8.16. The van der Waals surface area contributed by atoms with Crippen molar-refractivity contribution in [3.8, 4) is 11.4 Å². The molecule has 3 rings (SSSR count). The number of aromatic nitrogens is 4. The molecule has 0 aliphatic heterocycles. The molecule has 0 bridgehead atoms. The zero-order valence-electron chi connectivity index (χ0n) is 8.59. The number of hydrogen-bond donors (Lipinski definition) is 0. The Morgan fingerprint density at radius 3 is 3.00 bits per heavy atom. The van der Waals surface area contributed by atoms with Gasteiger partial charge in [-0.2, -0.15) is 0 Å². The second-order valence-electron chi connectivity index (χ2n) is 3.98. The predicted molar refractivity (Wildman–Crippen MR) is 56.3 cm³/mol. The molecule has 0 saturated heterocycles. The maximum absolute atomic E-state index is 4.18. The molecule has 4 nitrogen and oxygen atoms in total. The van der Waals surface area contributed by atoms with Crippen molar-refractivity contribution in [2.45, 2.75) is 25.8 Å². The van der Waals surface area contributed by atoms with Crippen LogP contribution in [0.1, 0.15) is 24.6 Å². The molecule has 2 heterocycles.